The van der Waals surface area contributed by atoms with Gasteiger partial charge in [0.05, 0.1) is 4.88 Å². The number of carbonyl (C=O) groups is 2. The third kappa shape index (κ3) is 7.66. The second kappa shape index (κ2) is 14.7. The van der Waals surface area contributed by atoms with E-state index in [1.807, 2.05) is 80.5 Å². The maximum Gasteiger partial charge on any atom is 0.380 e. The summed E-state index contributed by atoms with van der Waals surface area (Å²) in [6.07, 6.45) is 0. The Bertz CT molecular complexity index is 2740. The number of carbonyl (C=O) groups excluding carboxylic acids is 2. The van der Waals surface area contributed by atoms with E-state index in [1.54, 1.807) is 18.2 Å². The smallest absolute Gasteiger partial charge is 0.380 e. The average Bonchev–Trinajstić information content (AvgIpc) is 3.95. The number of benzene rings is 2. The first-order valence-corrected chi connectivity index (χ1v) is 21.8. The van der Waals surface area contributed by atoms with E-state index in [2.05, 4.69) is 0 Å². The number of thiophene rings is 3. The first-order valence-electron chi connectivity index (χ1n) is 19.4. The molecule has 6 aromatic rings. The molecule has 61 heavy (non-hydrogen) atoms. The first-order chi connectivity index (χ1) is 28.0. The summed E-state index contributed by atoms with van der Waals surface area (Å²) in [6.45, 7) is 19.9. The van der Waals surface area contributed by atoms with Crippen molar-refractivity contribution in [2.24, 2.45) is 0 Å². The summed E-state index contributed by atoms with van der Waals surface area (Å²) in [6, 6.07) is 17.1. The lowest BCUT2D eigenvalue weighted by Crippen LogP contribution is -2.48. The highest BCUT2D eigenvalue weighted by molar-refractivity contribution is 7.26. The van der Waals surface area contributed by atoms with Crippen LogP contribution < -0.4 is 9.47 Å². The van der Waals surface area contributed by atoms with Crippen LogP contribution in [0.15, 0.2) is 71.1 Å². The molecular formula is C47H44F6O5S3. The number of rotatable bonds is 7. The van der Waals surface area contributed by atoms with E-state index >= 15 is 26.3 Å². The van der Waals surface area contributed by atoms with Gasteiger partial charge in [0.2, 0.25) is 0 Å². The topological polar surface area (TPSA) is 65.7 Å². The minimum absolute atomic E-state index is 0.107. The summed E-state index contributed by atoms with van der Waals surface area (Å²) in [4.78, 5) is 27.9. The molecule has 0 unspecified atom stereocenters. The van der Waals surface area contributed by atoms with E-state index in [1.165, 1.54) is 40.9 Å². The number of allylic oxidation sites excluding steroid dienone is 2. The molecule has 0 radical (unpaired) electrons. The van der Waals surface area contributed by atoms with Gasteiger partial charge in [-0.1, -0.05) is 86.6 Å². The van der Waals surface area contributed by atoms with Crippen molar-refractivity contribution in [1.29, 1.82) is 0 Å². The molecule has 0 bridgehead atoms. The van der Waals surface area contributed by atoms with Crippen LogP contribution in [0, 0.1) is 0 Å². The van der Waals surface area contributed by atoms with E-state index in [0.717, 1.165) is 52.6 Å². The molecule has 0 fully saturated rings. The van der Waals surface area contributed by atoms with Crippen LogP contribution in [0.3, 0.4) is 0 Å². The minimum atomic E-state index is -5.92. The Balaban J connectivity index is 1.64. The van der Waals surface area contributed by atoms with Gasteiger partial charge in [-0.2, -0.15) is 26.3 Å². The fourth-order valence-electron chi connectivity index (χ4n) is 7.18. The van der Waals surface area contributed by atoms with Crippen molar-refractivity contribution in [1.82, 2.24) is 0 Å². The molecule has 4 heterocycles. The predicted octanol–water partition coefficient (Wildman–Crippen LogP) is 15.2. The molecule has 0 amide bonds. The summed E-state index contributed by atoms with van der Waals surface area (Å²) in [7, 11) is 0. The molecule has 0 spiro atoms. The highest BCUT2D eigenvalue weighted by atomic mass is 32.1. The van der Waals surface area contributed by atoms with Crippen LogP contribution in [0.2, 0.25) is 0 Å². The number of hydrogen-bond acceptors (Lipinski definition) is 8. The standard InChI is InChI=1S/C47H44F6O5S3/c1-23(54)56-30-20-27-29(22-31(30)57-24(2)55)58-40(25-12-14-26(15-13-25)42(3,4)5)37(27)39-38(45(48,49)47(52,53)46(39,50)51)28-21-34(32-16-18-35(59-32)43(6,7)8)61-41(28)33-17-19-36(60-33)44(9,10)11/h12-22H,1-11H3. The largest absolute Gasteiger partial charge is 0.455 e. The predicted molar refractivity (Wildman–Crippen MR) is 233 cm³/mol. The molecule has 0 atom stereocenters. The Morgan fingerprint density at radius 2 is 1.10 bits per heavy atom. The van der Waals surface area contributed by atoms with Crippen LogP contribution in [0.25, 0.3) is 52.9 Å². The first kappa shape index (κ1) is 44.4. The number of esters is 2. The second-order valence-electron chi connectivity index (χ2n) is 18.3. The van der Waals surface area contributed by atoms with E-state index in [9.17, 15) is 9.59 Å². The van der Waals surface area contributed by atoms with Gasteiger partial charge in [-0.25, -0.2) is 0 Å². The molecule has 322 valence electrons. The van der Waals surface area contributed by atoms with Crippen molar-refractivity contribution in [2.75, 3.05) is 0 Å². The highest BCUT2D eigenvalue weighted by Gasteiger charge is 2.81. The molecule has 2 aromatic carbocycles. The number of halogens is 6. The fourth-order valence-corrected chi connectivity index (χ4v) is 10.7. The molecule has 1 aliphatic rings. The lowest BCUT2D eigenvalue weighted by atomic mass is 9.86. The highest BCUT2D eigenvalue weighted by Crippen LogP contribution is 2.68. The van der Waals surface area contributed by atoms with Crippen LogP contribution in [0.1, 0.15) is 103 Å². The lowest BCUT2D eigenvalue weighted by Gasteiger charge is -2.26. The number of ether oxygens (including phenoxy) is 2. The van der Waals surface area contributed by atoms with Gasteiger partial charge < -0.3 is 13.9 Å². The van der Waals surface area contributed by atoms with E-state index in [-0.39, 0.29) is 43.4 Å². The maximum absolute atomic E-state index is 17.1. The van der Waals surface area contributed by atoms with Crippen molar-refractivity contribution in [3.8, 4) is 42.3 Å². The molecule has 5 nitrogen and oxygen atoms in total. The zero-order chi connectivity index (χ0) is 45.0. The Hall–Kier alpha value is -4.66. The van der Waals surface area contributed by atoms with Gasteiger partial charge >= 0.3 is 29.7 Å². The molecule has 0 saturated heterocycles. The molecule has 14 heteroatoms. The molecule has 0 N–H and O–H groups in total. The van der Waals surface area contributed by atoms with Crippen molar-refractivity contribution in [3.63, 3.8) is 0 Å². The lowest BCUT2D eigenvalue weighted by molar-refractivity contribution is -0.254. The van der Waals surface area contributed by atoms with Crippen LogP contribution in [-0.4, -0.2) is 29.7 Å². The Kier molecular flexibility index (Phi) is 10.7. The SMILES string of the molecule is CC(=O)Oc1cc2oc(-c3ccc(C(C)(C)C)cc3)c(C3=C(c4cc(-c5ccc(C(C)(C)C)s5)sc4-c4ccc(C(C)(C)C)s4)C(F)(F)C(F)(F)C3(F)F)c2cc1OC(C)=O. The summed E-state index contributed by atoms with van der Waals surface area (Å²) in [5.74, 6) is -19.8. The second-order valence-corrected chi connectivity index (χ2v) is 21.5. The van der Waals surface area contributed by atoms with E-state index < -0.39 is 63.5 Å². The van der Waals surface area contributed by atoms with Crippen molar-refractivity contribution in [2.45, 2.75) is 110 Å². The Morgan fingerprint density at radius 3 is 1.61 bits per heavy atom. The minimum Gasteiger partial charge on any atom is -0.455 e. The van der Waals surface area contributed by atoms with Gasteiger partial charge in [-0.15, -0.1) is 34.0 Å². The van der Waals surface area contributed by atoms with Gasteiger partial charge in [0.1, 0.15) is 11.3 Å². The van der Waals surface area contributed by atoms with Crippen LogP contribution in [-0.2, 0) is 25.8 Å². The zero-order valence-corrected chi connectivity index (χ0v) is 37.8. The molecule has 7 rings (SSSR count). The van der Waals surface area contributed by atoms with Crippen molar-refractivity contribution in [3.05, 3.63) is 93.2 Å². The Morgan fingerprint density at radius 1 is 0.590 bits per heavy atom. The third-order valence-electron chi connectivity index (χ3n) is 10.3. The number of fused-ring (bicyclic) bond motifs is 1. The van der Waals surface area contributed by atoms with Crippen molar-refractivity contribution < 1.29 is 49.8 Å². The maximum atomic E-state index is 17.1. The summed E-state index contributed by atoms with van der Waals surface area (Å²) >= 11 is 3.72. The fraction of sp³-hybridized carbons (Fsp3) is 0.362. The summed E-state index contributed by atoms with van der Waals surface area (Å²) < 4.78 is 118. The number of hydrogen-bond donors (Lipinski definition) is 0. The quantitative estimate of drug-likeness (QED) is 0.0907. The third-order valence-corrected chi connectivity index (χ3v) is 14.9. The van der Waals surface area contributed by atoms with Crippen LogP contribution in [0.4, 0.5) is 26.3 Å². The molecule has 0 aliphatic heterocycles. The zero-order valence-electron chi connectivity index (χ0n) is 35.4. The Labute approximate surface area is 362 Å². The van der Waals surface area contributed by atoms with E-state index in [0.29, 0.717) is 14.6 Å². The molecular weight excluding hydrogens is 855 g/mol. The normalized spacial score (nSPS) is 16.4. The van der Waals surface area contributed by atoms with Gasteiger partial charge in [0.15, 0.2) is 11.5 Å². The molecule has 4 aromatic heterocycles. The van der Waals surface area contributed by atoms with Crippen LogP contribution in [0.5, 0.6) is 11.5 Å². The molecule has 1 aliphatic carbocycles. The number of furan rings is 1. The van der Waals surface area contributed by atoms with E-state index in [4.69, 9.17) is 13.9 Å². The van der Waals surface area contributed by atoms with Crippen LogP contribution >= 0.6 is 34.0 Å². The summed E-state index contributed by atoms with van der Waals surface area (Å²) in [5, 5.41) is -0.362. The van der Waals surface area contributed by atoms with Gasteiger partial charge in [-0.3, -0.25) is 9.59 Å². The number of alkyl halides is 6. The van der Waals surface area contributed by atoms with Crippen molar-refractivity contribution >= 4 is 68.1 Å². The average molecular weight is 899 g/mol. The summed E-state index contributed by atoms with van der Waals surface area (Å²) in [5.41, 5.74) is -4.81. The molecule has 0 saturated carbocycles. The van der Waals surface area contributed by atoms with Gasteiger partial charge in [0, 0.05) is 77.5 Å². The van der Waals surface area contributed by atoms with Gasteiger partial charge in [-0.05, 0) is 58.2 Å². The monoisotopic (exact) mass is 898 g/mol. The van der Waals surface area contributed by atoms with Gasteiger partial charge in [0.25, 0.3) is 0 Å².